The van der Waals surface area contributed by atoms with Crippen LogP contribution in [0.2, 0.25) is 5.15 Å². The Kier molecular flexibility index (Phi) is 7.62. The van der Waals surface area contributed by atoms with Crippen LogP contribution in [0.25, 0.3) is 0 Å². The minimum absolute atomic E-state index is 0.0107. The van der Waals surface area contributed by atoms with Crippen molar-refractivity contribution in [2.75, 3.05) is 29.1 Å². The first-order valence-corrected chi connectivity index (χ1v) is 15.7. The summed E-state index contributed by atoms with van der Waals surface area (Å²) in [6.07, 6.45) is 1.45. The van der Waals surface area contributed by atoms with E-state index in [-0.39, 0.29) is 20.9 Å². The van der Waals surface area contributed by atoms with Gasteiger partial charge in [0.05, 0.1) is 5.56 Å². The molecule has 40 heavy (non-hydrogen) atoms. The lowest BCUT2D eigenvalue weighted by molar-refractivity contribution is 0.0432. The predicted octanol–water partition coefficient (Wildman–Crippen LogP) is 5.24. The maximum Gasteiger partial charge on any atom is 0.425 e. The summed E-state index contributed by atoms with van der Waals surface area (Å²) >= 11 is 7.32. The molecule has 3 heterocycles. The number of anilines is 2. The SMILES string of the molecule is CC(C)(C)OC(=O)N(C(=O)OC(C)(C)C)c1sc2c(c1C#N)C1(CCC2)CN(c2cc(Cl)nc(S(C)(=O)=O)n2)C1. The number of sulfone groups is 1. The number of carbonyl (C=O) groups is 2. The van der Waals surface area contributed by atoms with Crippen LogP contribution in [0, 0.1) is 11.3 Å². The molecule has 216 valence electrons. The van der Waals surface area contributed by atoms with Crippen LogP contribution in [0.5, 0.6) is 0 Å². The number of thiophene rings is 1. The highest BCUT2D eigenvalue weighted by molar-refractivity contribution is 7.90. The standard InChI is InChI=1S/C26H32ClN5O6S2/c1-24(2,3)37-22(33)32(23(34)38-25(4,5)6)20-15(12-28)19-16(39-20)9-8-10-26(19)13-31(14-26)18-11-17(27)29-21(30-18)40(7,35)36/h11H,8-10,13-14H2,1-7H3. The minimum atomic E-state index is -3.67. The molecule has 1 saturated heterocycles. The zero-order valence-corrected chi connectivity index (χ0v) is 25.9. The number of amides is 2. The van der Waals surface area contributed by atoms with Crippen LogP contribution in [0.4, 0.5) is 20.4 Å². The smallest absolute Gasteiger partial charge is 0.425 e. The van der Waals surface area contributed by atoms with Gasteiger partial charge in [-0.05, 0) is 66.4 Å². The number of ether oxygens (including phenoxy) is 2. The summed E-state index contributed by atoms with van der Waals surface area (Å²) in [5, 5.41) is 10.2. The first-order valence-electron chi connectivity index (χ1n) is 12.7. The summed E-state index contributed by atoms with van der Waals surface area (Å²) < 4.78 is 35.2. The zero-order chi connectivity index (χ0) is 29.8. The molecule has 0 radical (unpaired) electrons. The summed E-state index contributed by atoms with van der Waals surface area (Å²) in [6.45, 7) is 11.0. The van der Waals surface area contributed by atoms with Crippen molar-refractivity contribution in [3.8, 4) is 6.07 Å². The highest BCUT2D eigenvalue weighted by atomic mass is 35.5. The fraction of sp³-hybridized carbons (Fsp3) is 0.577. The van der Waals surface area contributed by atoms with Crippen LogP contribution in [-0.2, 0) is 31.1 Å². The Bertz CT molecular complexity index is 1480. The Hall–Kier alpha value is -2.95. The van der Waals surface area contributed by atoms with E-state index in [1.165, 1.54) is 17.4 Å². The number of rotatable bonds is 3. The molecule has 2 amide bonds. The lowest BCUT2D eigenvalue weighted by Gasteiger charge is -2.53. The number of nitrogens with zero attached hydrogens (tertiary/aromatic N) is 5. The monoisotopic (exact) mass is 609 g/mol. The van der Waals surface area contributed by atoms with Crippen molar-refractivity contribution in [1.82, 2.24) is 9.97 Å². The van der Waals surface area contributed by atoms with E-state index in [1.54, 1.807) is 41.5 Å². The summed E-state index contributed by atoms with van der Waals surface area (Å²) in [4.78, 5) is 38.3. The number of aromatic nitrogens is 2. The van der Waals surface area contributed by atoms with Crippen molar-refractivity contribution in [1.29, 1.82) is 5.26 Å². The Morgan fingerprint density at radius 2 is 1.70 bits per heavy atom. The topological polar surface area (TPSA) is 143 Å². The summed E-state index contributed by atoms with van der Waals surface area (Å²) in [5.41, 5.74) is -1.21. The van der Waals surface area contributed by atoms with Crippen molar-refractivity contribution >= 4 is 55.8 Å². The summed E-state index contributed by atoms with van der Waals surface area (Å²) in [5.74, 6) is 0.372. The molecule has 2 aromatic rings. The molecule has 2 aliphatic rings. The fourth-order valence-corrected chi connectivity index (χ4v) is 7.05. The van der Waals surface area contributed by atoms with Crippen molar-refractivity contribution in [3.63, 3.8) is 0 Å². The molecule has 1 aliphatic carbocycles. The quantitative estimate of drug-likeness (QED) is 0.335. The molecule has 1 fully saturated rings. The second-order valence-electron chi connectivity index (χ2n) is 12.1. The van der Waals surface area contributed by atoms with Crippen LogP contribution in [0.1, 0.15) is 70.4 Å². The van der Waals surface area contributed by atoms with Crippen LogP contribution >= 0.6 is 22.9 Å². The van der Waals surface area contributed by atoms with E-state index >= 15 is 0 Å². The Labute approximate surface area is 243 Å². The average Bonchev–Trinajstić information content (AvgIpc) is 3.12. The maximum atomic E-state index is 13.3. The van der Waals surface area contributed by atoms with Gasteiger partial charge in [-0.25, -0.2) is 28.0 Å². The number of carbonyl (C=O) groups excluding carboxylic acids is 2. The molecule has 11 nitrogen and oxygen atoms in total. The van der Waals surface area contributed by atoms with E-state index in [0.717, 1.165) is 34.4 Å². The van der Waals surface area contributed by atoms with Crippen LogP contribution in [0.15, 0.2) is 11.2 Å². The molecule has 0 atom stereocenters. The molecular weight excluding hydrogens is 578 g/mol. The molecule has 0 N–H and O–H groups in total. The normalized spacial score (nSPS) is 16.5. The number of hydrogen-bond acceptors (Lipinski definition) is 11. The van der Waals surface area contributed by atoms with Crippen molar-refractivity contribution in [2.24, 2.45) is 0 Å². The van der Waals surface area contributed by atoms with Crippen LogP contribution in [0.3, 0.4) is 0 Å². The molecule has 14 heteroatoms. The van der Waals surface area contributed by atoms with E-state index in [4.69, 9.17) is 21.1 Å². The Balaban J connectivity index is 1.75. The van der Waals surface area contributed by atoms with Gasteiger partial charge in [0.25, 0.3) is 0 Å². The zero-order valence-electron chi connectivity index (χ0n) is 23.5. The number of hydrogen-bond donors (Lipinski definition) is 0. The minimum Gasteiger partial charge on any atom is -0.443 e. The predicted molar refractivity (Wildman–Crippen MR) is 151 cm³/mol. The number of fused-ring (bicyclic) bond motifs is 2. The van der Waals surface area contributed by atoms with Crippen molar-refractivity contribution in [3.05, 3.63) is 27.2 Å². The second kappa shape index (κ2) is 10.2. The van der Waals surface area contributed by atoms with Gasteiger partial charge in [-0.3, -0.25) is 0 Å². The van der Waals surface area contributed by atoms with Crippen molar-refractivity contribution in [2.45, 2.75) is 82.6 Å². The van der Waals surface area contributed by atoms with Gasteiger partial charge in [0.2, 0.25) is 15.0 Å². The maximum absolute atomic E-state index is 13.3. The summed E-state index contributed by atoms with van der Waals surface area (Å²) in [6, 6.07) is 3.75. The van der Waals surface area contributed by atoms with Crippen molar-refractivity contribution < 1.29 is 27.5 Å². The van der Waals surface area contributed by atoms with Crippen LogP contribution < -0.4 is 9.80 Å². The Morgan fingerprint density at radius 1 is 1.12 bits per heavy atom. The van der Waals surface area contributed by atoms with E-state index < -0.39 is 38.6 Å². The lowest BCUT2D eigenvalue weighted by atomic mass is 9.66. The fourth-order valence-electron chi connectivity index (χ4n) is 4.91. The third-order valence-corrected chi connectivity index (χ3v) is 8.60. The van der Waals surface area contributed by atoms with E-state index in [1.807, 2.05) is 4.90 Å². The van der Waals surface area contributed by atoms with Gasteiger partial charge in [0, 0.05) is 35.7 Å². The van der Waals surface area contributed by atoms with Gasteiger partial charge in [0.15, 0.2) is 0 Å². The number of imide groups is 1. The molecule has 0 saturated carbocycles. The summed E-state index contributed by atoms with van der Waals surface area (Å²) in [7, 11) is -3.67. The number of aryl methyl sites for hydroxylation is 1. The van der Waals surface area contributed by atoms with E-state index in [2.05, 4.69) is 16.0 Å². The molecule has 0 aromatic carbocycles. The molecule has 2 aromatic heterocycles. The molecule has 0 bridgehead atoms. The lowest BCUT2D eigenvalue weighted by Crippen LogP contribution is -2.61. The van der Waals surface area contributed by atoms with E-state index in [9.17, 15) is 23.3 Å². The second-order valence-corrected chi connectivity index (χ2v) is 15.5. The number of nitriles is 1. The molecular formula is C26H32ClN5O6S2. The van der Waals surface area contributed by atoms with Gasteiger partial charge < -0.3 is 14.4 Å². The molecule has 1 spiro atoms. The first-order chi connectivity index (χ1) is 18.3. The van der Waals surface area contributed by atoms with Gasteiger partial charge in [-0.2, -0.15) is 10.2 Å². The van der Waals surface area contributed by atoms with Gasteiger partial charge in [-0.1, -0.05) is 11.6 Å². The van der Waals surface area contributed by atoms with Crippen LogP contribution in [-0.4, -0.2) is 61.1 Å². The first kappa shape index (κ1) is 30.0. The third kappa shape index (κ3) is 6.04. The van der Waals surface area contributed by atoms with Gasteiger partial charge in [-0.15, -0.1) is 11.3 Å². The van der Waals surface area contributed by atoms with Gasteiger partial charge in [0.1, 0.15) is 33.2 Å². The number of halogens is 1. The average molecular weight is 610 g/mol. The largest absolute Gasteiger partial charge is 0.443 e. The molecule has 0 unspecified atom stereocenters. The molecule has 4 rings (SSSR count). The molecule has 1 aliphatic heterocycles. The van der Waals surface area contributed by atoms with E-state index in [0.29, 0.717) is 25.3 Å². The third-order valence-electron chi connectivity index (χ3n) is 6.32. The highest BCUT2D eigenvalue weighted by Crippen LogP contribution is 2.52. The Morgan fingerprint density at radius 3 is 2.20 bits per heavy atom. The van der Waals surface area contributed by atoms with Gasteiger partial charge >= 0.3 is 12.2 Å². The highest BCUT2D eigenvalue weighted by Gasteiger charge is 2.51.